The zero-order valence-corrected chi connectivity index (χ0v) is 13.6. The smallest absolute Gasteiger partial charge is 0.175 e. The highest BCUT2D eigenvalue weighted by atomic mass is 79.9. The van der Waals surface area contributed by atoms with E-state index in [4.69, 9.17) is 0 Å². The molecule has 0 saturated carbocycles. The Bertz CT molecular complexity index is 630. The van der Waals surface area contributed by atoms with Crippen LogP contribution in [0.15, 0.2) is 50.0 Å². The van der Waals surface area contributed by atoms with Gasteiger partial charge in [-0.15, -0.1) is 23.1 Å². The van der Waals surface area contributed by atoms with Crippen molar-refractivity contribution in [2.45, 2.75) is 15.5 Å². The minimum atomic E-state index is -3.10. The zero-order chi connectivity index (χ0) is 13.2. The van der Waals surface area contributed by atoms with Gasteiger partial charge >= 0.3 is 0 Å². The normalized spacial score (nSPS) is 11.7. The minimum Gasteiger partial charge on any atom is -0.224 e. The first kappa shape index (κ1) is 14.1. The third kappa shape index (κ3) is 3.85. The van der Waals surface area contributed by atoms with E-state index in [0.717, 1.165) is 14.4 Å². The van der Waals surface area contributed by atoms with Gasteiger partial charge in [0.2, 0.25) is 0 Å². The van der Waals surface area contributed by atoms with E-state index in [9.17, 15) is 8.42 Å². The summed E-state index contributed by atoms with van der Waals surface area (Å²) in [6.45, 7) is 0. The lowest BCUT2D eigenvalue weighted by atomic mass is 10.4. The topological polar surface area (TPSA) is 34.1 Å². The third-order valence-corrected chi connectivity index (χ3v) is 6.26. The molecule has 1 heterocycles. The molecule has 0 aliphatic carbocycles. The van der Waals surface area contributed by atoms with Crippen molar-refractivity contribution in [3.05, 3.63) is 45.1 Å². The SMILES string of the molecule is CS(=O)(=O)c1ccc(SCc2ccc(Br)s2)cc1. The predicted molar refractivity (Wildman–Crippen MR) is 81.1 cm³/mol. The second kappa shape index (κ2) is 5.77. The van der Waals surface area contributed by atoms with E-state index >= 15 is 0 Å². The van der Waals surface area contributed by atoms with E-state index in [2.05, 4.69) is 22.0 Å². The third-order valence-electron chi connectivity index (χ3n) is 2.26. The summed E-state index contributed by atoms with van der Waals surface area (Å²) in [5.74, 6) is 0.897. The van der Waals surface area contributed by atoms with Crippen LogP contribution in [0.25, 0.3) is 0 Å². The molecule has 18 heavy (non-hydrogen) atoms. The van der Waals surface area contributed by atoms with Crippen molar-refractivity contribution in [1.82, 2.24) is 0 Å². The van der Waals surface area contributed by atoms with Gasteiger partial charge in [0.05, 0.1) is 8.68 Å². The number of halogens is 1. The van der Waals surface area contributed by atoms with Crippen molar-refractivity contribution in [3.8, 4) is 0 Å². The first-order chi connectivity index (χ1) is 8.45. The first-order valence-corrected chi connectivity index (χ1v) is 9.61. The molecule has 2 rings (SSSR count). The van der Waals surface area contributed by atoms with Crippen molar-refractivity contribution in [2.24, 2.45) is 0 Å². The van der Waals surface area contributed by atoms with Gasteiger partial charge in [-0.25, -0.2) is 8.42 Å². The summed E-state index contributed by atoms with van der Waals surface area (Å²) in [4.78, 5) is 2.73. The van der Waals surface area contributed by atoms with Crippen molar-refractivity contribution in [3.63, 3.8) is 0 Å². The van der Waals surface area contributed by atoms with Gasteiger partial charge in [0, 0.05) is 21.8 Å². The molecule has 0 saturated heterocycles. The summed E-state index contributed by atoms with van der Waals surface area (Å²) < 4.78 is 23.8. The van der Waals surface area contributed by atoms with Gasteiger partial charge in [0.15, 0.2) is 9.84 Å². The maximum Gasteiger partial charge on any atom is 0.175 e. The molecule has 2 nitrogen and oxygen atoms in total. The van der Waals surface area contributed by atoms with Gasteiger partial charge < -0.3 is 0 Å². The Kier molecular flexibility index (Phi) is 4.53. The summed E-state index contributed by atoms with van der Waals surface area (Å²) in [5, 5.41) is 0. The molecule has 0 aliphatic rings. The average molecular weight is 363 g/mol. The highest BCUT2D eigenvalue weighted by molar-refractivity contribution is 9.11. The van der Waals surface area contributed by atoms with Crippen LogP contribution in [-0.4, -0.2) is 14.7 Å². The molecule has 96 valence electrons. The van der Waals surface area contributed by atoms with Crippen LogP contribution in [0.2, 0.25) is 0 Å². The second-order valence-electron chi connectivity index (χ2n) is 3.74. The Morgan fingerprint density at radius 3 is 2.33 bits per heavy atom. The molecule has 6 heteroatoms. The highest BCUT2D eigenvalue weighted by Crippen LogP contribution is 2.29. The van der Waals surface area contributed by atoms with Crippen LogP contribution < -0.4 is 0 Å². The Morgan fingerprint density at radius 1 is 1.17 bits per heavy atom. The molecular weight excluding hydrogens is 352 g/mol. The van der Waals surface area contributed by atoms with E-state index in [1.165, 1.54) is 11.1 Å². The van der Waals surface area contributed by atoms with Crippen LogP contribution in [0.3, 0.4) is 0 Å². The Hall–Kier alpha value is -0.300. The fourth-order valence-corrected chi connectivity index (χ4v) is 4.42. The van der Waals surface area contributed by atoms with Crippen molar-refractivity contribution >= 4 is 48.9 Å². The molecule has 0 fully saturated rings. The number of thiophene rings is 1. The standard InChI is InChI=1S/C12H11BrO2S3/c1-18(14,15)11-5-2-9(3-6-11)16-8-10-4-7-12(13)17-10/h2-7H,8H2,1H3. The second-order valence-corrected chi connectivity index (χ2v) is 9.35. The Morgan fingerprint density at radius 2 is 1.83 bits per heavy atom. The number of sulfone groups is 1. The first-order valence-electron chi connectivity index (χ1n) is 5.12. The maximum absolute atomic E-state index is 11.3. The summed E-state index contributed by atoms with van der Waals surface area (Å²) >= 11 is 6.85. The van der Waals surface area contributed by atoms with Gasteiger partial charge in [-0.1, -0.05) is 0 Å². The fourth-order valence-electron chi connectivity index (χ4n) is 1.37. The maximum atomic E-state index is 11.3. The number of rotatable bonds is 4. The average Bonchev–Trinajstić information content (AvgIpc) is 2.72. The molecule has 0 amide bonds. The van der Waals surface area contributed by atoms with Gasteiger partial charge in [-0.3, -0.25) is 0 Å². The molecule has 0 bridgehead atoms. The number of benzene rings is 1. The lowest BCUT2D eigenvalue weighted by Gasteiger charge is -2.02. The molecule has 0 spiro atoms. The predicted octanol–water partition coefficient (Wildman–Crippen LogP) is 4.21. The van der Waals surface area contributed by atoms with Gasteiger partial charge in [0.25, 0.3) is 0 Å². The Balaban J connectivity index is 2.03. The monoisotopic (exact) mass is 362 g/mol. The molecule has 2 aromatic rings. The molecule has 0 atom stereocenters. The van der Waals surface area contributed by atoms with Crippen molar-refractivity contribution in [1.29, 1.82) is 0 Å². The fraction of sp³-hybridized carbons (Fsp3) is 0.167. The van der Waals surface area contributed by atoms with E-state index in [-0.39, 0.29) is 0 Å². The van der Waals surface area contributed by atoms with E-state index in [1.807, 2.05) is 18.2 Å². The van der Waals surface area contributed by atoms with Crippen LogP contribution >= 0.6 is 39.0 Å². The quantitative estimate of drug-likeness (QED) is 0.764. The molecule has 0 radical (unpaired) electrons. The summed E-state index contributed by atoms with van der Waals surface area (Å²) in [5.41, 5.74) is 0. The van der Waals surface area contributed by atoms with Crippen LogP contribution in [-0.2, 0) is 15.6 Å². The van der Waals surface area contributed by atoms with Gasteiger partial charge in [0.1, 0.15) is 0 Å². The number of thioether (sulfide) groups is 1. The largest absolute Gasteiger partial charge is 0.224 e. The van der Waals surface area contributed by atoms with Crippen molar-refractivity contribution < 1.29 is 8.42 Å². The number of hydrogen-bond donors (Lipinski definition) is 0. The summed E-state index contributed by atoms with van der Waals surface area (Å²) in [6.07, 6.45) is 1.22. The summed E-state index contributed by atoms with van der Waals surface area (Å²) in [7, 11) is -3.10. The lowest BCUT2D eigenvalue weighted by molar-refractivity contribution is 0.602. The van der Waals surface area contributed by atoms with Crippen LogP contribution in [0.4, 0.5) is 0 Å². The van der Waals surface area contributed by atoms with Gasteiger partial charge in [-0.2, -0.15) is 0 Å². The molecule has 0 N–H and O–H groups in total. The van der Waals surface area contributed by atoms with E-state index in [1.54, 1.807) is 35.2 Å². The summed E-state index contributed by atoms with van der Waals surface area (Å²) in [6, 6.07) is 11.1. The molecular formula is C12H11BrO2S3. The van der Waals surface area contributed by atoms with E-state index < -0.39 is 9.84 Å². The van der Waals surface area contributed by atoms with Gasteiger partial charge in [-0.05, 0) is 52.3 Å². The van der Waals surface area contributed by atoms with Crippen LogP contribution in [0.5, 0.6) is 0 Å². The molecule has 0 unspecified atom stereocenters. The van der Waals surface area contributed by atoms with Crippen LogP contribution in [0, 0.1) is 0 Å². The lowest BCUT2D eigenvalue weighted by Crippen LogP contribution is -1.95. The molecule has 1 aromatic heterocycles. The van der Waals surface area contributed by atoms with E-state index in [0.29, 0.717) is 4.90 Å². The molecule has 1 aromatic carbocycles. The molecule has 0 aliphatic heterocycles. The van der Waals surface area contributed by atoms with Crippen LogP contribution in [0.1, 0.15) is 4.88 Å². The zero-order valence-electron chi connectivity index (χ0n) is 9.59. The van der Waals surface area contributed by atoms with Crippen molar-refractivity contribution in [2.75, 3.05) is 6.26 Å². The minimum absolute atomic E-state index is 0.366. The number of hydrogen-bond acceptors (Lipinski definition) is 4. The Labute approximate surface area is 123 Å². The highest BCUT2D eigenvalue weighted by Gasteiger charge is 2.06.